The topological polar surface area (TPSA) is 49.6 Å². The van der Waals surface area contributed by atoms with Crippen LogP contribution < -0.4 is 5.73 Å². The first kappa shape index (κ1) is 19.9. The highest BCUT2D eigenvalue weighted by Crippen LogP contribution is 2.41. The zero-order valence-corrected chi connectivity index (χ0v) is 18.0. The molecule has 1 amide bonds. The first-order valence-corrected chi connectivity index (χ1v) is 10.3. The van der Waals surface area contributed by atoms with Crippen LogP contribution in [0.5, 0.6) is 0 Å². The van der Waals surface area contributed by atoms with Crippen molar-refractivity contribution >= 4 is 34.7 Å². The van der Waals surface area contributed by atoms with Crippen LogP contribution in [0.25, 0.3) is 5.57 Å². The van der Waals surface area contributed by atoms with Gasteiger partial charge in [0.2, 0.25) is 5.91 Å². The Hall–Kier alpha value is -2.43. The summed E-state index contributed by atoms with van der Waals surface area (Å²) >= 11 is 12.7. The Bertz CT molecular complexity index is 1030. The van der Waals surface area contributed by atoms with E-state index in [-0.39, 0.29) is 11.9 Å². The van der Waals surface area contributed by atoms with E-state index in [1.54, 1.807) is 6.07 Å². The van der Waals surface area contributed by atoms with Gasteiger partial charge in [0.1, 0.15) is 0 Å². The molecule has 3 aliphatic rings. The molecule has 0 saturated heterocycles. The number of benzene rings is 1. The number of nitrogens with zero attached hydrogens (tertiary/aromatic N) is 2. The largest absolute Gasteiger partial charge is 0.367 e. The van der Waals surface area contributed by atoms with Crippen molar-refractivity contribution < 1.29 is 4.79 Å². The van der Waals surface area contributed by atoms with E-state index in [1.165, 1.54) is 17.0 Å². The highest BCUT2D eigenvalue weighted by molar-refractivity contribution is 6.35. The maximum Gasteiger partial charge on any atom is 0.244 e. The third kappa shape index (κ3) is 3.63. The summed E-state index contributed by atoms with van der Waals surface area (Å²) in [6, 6.07) is 5.70. The molecule has 0 aromatic heterocycles. The van der Waals surface area contributed by atoms with Gasteiger partial charge in [0.25, 0.3) is 0 Å². The van der Waals surface area contributed by atoms with Gasteiger partial charge >= 0.3 is 0 Å². The Balaban J connectivity index is 1.76. The third-order valence-electron chi connectivity index (χ3n) is 5.83. The van der Waals surface area contributed by atoms with Crippen LogP contribution >= 0.6 is 23.2 Å². The fourth-order valence-electron chi connectivity index (χ4n) is 4.18. The van der Waals surface area contributed by atoms with E-state index >= 15 is 0 Å². The zero-order chi connectivity index (χ0) is 20.7. The molecule has 2 aliphatic heterocycles. The van der Waals surface area contributed by atoms with Gasteiger partial charge in [-0.25, -0.2) is 0 Å². The number of hydrogen-bond acceptors (Lipinski definition) is 3. The van der Waals surface area contributed by atoms with Gasteiger partial charge in [-0.3, -0.25) is 4.79 Å². The molecule has 1 aliphatic carbocycles. The minimum atomic E-state index is -0.324. The van der Waals surface area contributed by atoms with E-state index in [4.69, 9.17) is 28.9 Å². The molecule has 1 aromatic rings. The summed E-state index contributed by atoms with van der Waals surface area (Å²) in [4.78, 5) is 16.1. The van der Waals surface area contributed by atoms with Gasteiger partial charge in [-0.05, 0) is 42.7 Å². The van der Waals surface area contributed by atoms with Crippen LogP contribution in [-0.2, 0) is 4.79 Å². The first-order valence-electron chi connectivity index (χ1n) is 9.59. The van der Waals surface area contributed by atoms with E-state index in [9.17, 15) is 4.79 Å². The standard InChI is InChI=1S/C23H23Cl2N3O/c1-14-12-21(28-10-8-15(9-11-28)23(26)29)19-5-3-4-18(22(19)27(14)2)17-7-6-16(24)13-20(17)25/h3-8,12-13,22H,9-11H2,1-2H3,(H2,26,29). The number of primary amides is 1. The Morgan fingerprint density at radius 1 is 1.28 bits per heavy atom. The van der Waals surface area contributed by atoms with E-state index in [2.05, 4.69) is 48.1 Å². The molecular weight excluding hydrogens is 405 g/mol. The summed E-state index contributed by atoms with van der Waals surface area (Å²) in [5, 5.41) is 1.27. The van der Waals surface area contributed by atoms with Crippen molar-refractivity contribution in [2.24, 2.45) is 5.73 Å². The number of nitrogens with two attached hydrogens (primary N) is 1. The average Bonchev–Trinajstić information content (AvgIpc) is 2.70. The monoisotopic (exact) mass is 427 g/mol. The van der Waals surface area contributed by atoms with Crippen molar-refractivity contribution in [3.63, 3.8) is 0 Å². The molecule has 2 N–H and O–H groups in total. The van der Waals surface area contributed by atoms with E-state index in [0.29, 0.717) is 28.6 Å². The summed E-state index contributed by atoms with van der Waals surface area (Å²) in [6.07, 6.45) is 11.2. The van der Waals surface area contributed by atoms with Gasteiger partial charge in [-0.2, -0.15) is 0 Å². The lowest BCUT2D eigenvalue weighted by Gasteiger charge is -2.42. The second kappa shape index (κ2) is 7.77. The van der Waals surface area contributed by atoms with Crippen molar-refractivity contribution in [3.05, 3.63) is 86.7 Å². The van der Waals surface area contributed by atoms with Crippen LogP contribution in [0.2, 0.25) is 10.0 Å². The molecule has 1 atom stereocenters. The molecule has 1 unspecified atom stereocenters. The molecular formula is C23H23Cl2N3O. The van der Waals surface area contributed by atoms with E-state index in [0.717, 1.165) is 17.7 Å². The fourth-order valence-corrected chi connectivity index (χ4v) is 4.70. The number of amides is 1. The summed E-state index contributed by atoms with van der Waals surface area (Å²) in [6.45, 7) is 3.55. The Morgan fingerprint density at radius 2 is 2.07 bits per heavy atom. The van der Waals surface area contributed by atoms with Crippen LogP contribution in [0.1, 0.15) is 18.9 Å². The number of rotatable bonds is 3. The van der Waals surface area contributed by atoms with Crippen molar-refractivity contribution in [1.82, 2.24) is 9.80 Å². The van der Waals surface area contributed by atoms with Crippen LogP contribution in [-0.4, -0.2) is 41.9 Å². The number of carbonyl (C=O) groups excluding carboxylic acids is 1. The predicted octanol–water partition coefficient (Wildman–Crippen LogP) is 4.54. The lowest BCUT2D eigenvalue weighted by Crippen LogP contribution is -2.41. The number of fused-ring (bicyclic) bond motifs is 1. The minimum absolute atomic E-state index is 0.0557. The molecule has 0 spiro atoms. The second-order valence-electron chi connectivity index (χ2n) is 7.53. The van der Waals surface area contributed by atoms with Gasteiger partial charge < -0.3 is 15.5 Å². The number of carbonyl (C=O) groups is 1. The van der Waals surface area contributed by atoms with Gasteiger partial charge in [0, 0.05) is 52.7 Å². The SMILES string of the molecule is CC1=CC(N2CC=C(C(N)=O)CC2)=C2C=CC=C(c3ccc(Cl)cc3Cl)C2N1C. The van der Waals surface area contributed by atoms with Crippen LogP contribution in [0.4, 0.5) is 0 Å². The molecule has 150 valence electrons. The van der Waals surface area contributed by atoms with E-state index < -0.39 is 0 Å². The minimum Gasteiger partial charge on any atom is -0.367 e. The molecule has 6 heteroatoms. The summed E-state index contributed by atoms with van der Waals surface area (Å²) < 4.78 is 0. The zero-order valence-electron chi connectivity index (χ0n) is 16.5. The molecule has 2 heterocycles. The van der Waals surface area contributed by atoms with Gasteiger partial charge in [0.15, 0.2) is 0 Å². The molecule has 0 saturated carbocycles. The van der Waals surface area contributed by atoms with Crippen molar-refractivity contribution in [2.45, 2.75) is 19.4 Å². The molecule has 29 heavy (non-hydrogen) atoms. The highest BCUT2D eigenvalue weighted by Gasteiger charge is 2.33. The van der Waals surface area contributed by atoms with Crippen molar-refractivity contribution in [3.8, 4) is 0 Å². The lowest BCUT2D eigenvalue weighted by molar-refractivity contribution is -0.114. The number of halogens is 2. The molecule has 0 bridgehead atoms. The second-order valence-corrected chi connectivity index (χ2v) is 8.38. The van der Waals surface area contributed by atoms with Crippen molar-refractivity contribution in [2.75, 3.05) is 20.1 Å². The first-order chi connectivity index (χ1) is 13.9. The molecule has 0 fully saturated rings. The molecule has 0 radical (unpaired) electrons. The Morgan fingerprint density at radius 3 is 2.72 bits per heavy atom. The quantitative estimate of drug-likeness (QED) is 0.770. The van der Waals surface area contributed by atoms with Crippen LogP contribution in [0.15, 0.2) is 71.1 Å². The number of allylic oxidation sites excluding steroid dienone is 4. The number of hydrogen-bond donors (Lipinski definition) is 1. The highest BCUT2D eigenvalue weighted by atomic mass is 35.5. The van der Waals surface area contributed by atoms with Crippen molar-refractivity contribution in [1.29, 1.82) is 0 Å². The fraction of sp³-hybridized carbons (Fsp3) is 0.261. The maximum atomic E-state index is 11.5. The van der Waals surface area contributed by atoms with Gasteiger partial charge in [0.05, 0.1) is 6.04 Å². The predicted molar refractivity (Wildman–Crippen MR) is 119 cm³/mol. The summed E-state index contributed by atoms with van der Waals surface area (Å²) in [7, 11) is 2.10. The van der Waals surface area contributed by atoms with Gasteiger partial charge in [-0.15, -0.1) is 0 Å². The Kier molecular flexibility index (Phi) is 5.32. The molecule has 4 rings (SSSR count). The number of likely N-dealkylation sites (N-methyl/N-ethyl adjacent to an activating group) is 1. The molecule has 1 aromatic carbocycles. The summed E-state index contributed by atoms with van der Waals surface area (Å²) in [5.74, 6) is -0.324. The average molecular weight is 428 g/mol. The smallest absolute Gasteiger partial charge is 0.244 e. The van der Waals surface area contributed by atoms with Crippen LogP contribution in [0.3, 0.4) is 0 Å². The Labute approximate surface area is 181 Å². The van der Waals surface area contributed by atoms with E-state index in [1.807, 2.05) is 18.2 Å². The molecule has 4 nitrogen and oxygen atoms in total. The maximum absolute atomic E-state index is 11.5. The lowest BCUT2D eigenvalue weighted by atomic mass is 9.84. The summed E-state index contributed by atoms with van der Waals surface area (Å²) in [5.41, 5.74) is 11.9. The third-order valence-corrected chi connectivity index (χ3v) is 6.38. The van der Waals surface area contributed by atoms with Crippen LogP contribution in [0, 0.1) is 0 Å². The normalized spacial score (nSPS) is 21.5. The van der Waals surface area contributed by atoms with Gasteiger partial charge in [-0.1, -0.05) is 53.6 Å².